The molecule has 0 aliphatic rings. The summed E-state index contributed by atoms with van der Waals surface area (Å²) in [6.07, 6.45) is 0.871. The van der Waals surface area contributed by atoms with E-state index >= 15 is 0 Å². The summed E-state index contributed by atoms with van der Waals surface area (Å²) in [5, 5.41) is 2.85. The Labute approximate surface area is 136 Å². The number of carbonyl (C=O) groups excluding carboxylic acids is 2. The normalized spacial score (nSPS) is 10.4. The average molecular weight is 314 g/mol. The molecular formula is C18H22N2O3. The van der Waals surface area contributed by atoms with Crippen molar-refractivity contribution in [3.05, 3.63) is 53.3 Å². The second kappa shape index (κ2) is 7.63. The molecule has 2 rings (SSSR count). The summed E-state index contributed by atoms with van der Waals surface area (Å²) >= 11 is 0. The van der Waals surface area contributed by atoms with Gasteiger partial charge in [0.2, 0.25) is 0 Å². The predicted molar refractivity (Wildman–Crippen MR) is 88.8 cm³/mol. The minimum atomic E-state index is -0.262. The van der Waals surface area contributed by atoms with E-state index in [0.29, 0.717) is 24.9 Å². The van der Waals surface area contributed by atoms with E-state index < -0.39 is 0 Å². The Balaban J connectivity index is 2.06. The van der Waals surface area contributed by atoms with Crippen molar-refractivity contribution in [1.82, 2.24) is 9.88 Å². The number of methoxy groups -OCH3 is 1. The molecule has 0 bridgehead atoms. The SMILES string of the molecule is COC(=O)CCCNC(=O)c1cc(C)n(-c2ccccc2)c1C. The monoisotopic (exact) mass is 314 g/mol. The Hall–Kier alpha value is -2.56. The molecule has 23 heavy (non-hydrogen) atoms. The van der Waals surface area contributed by atoms with Crippen LogP contribution in [0.5, 0.6) is 0 Å². The van der Waals surface area contributed by atoms with Gasteiger partial charge in [-0.15, -0.1) is 0 Å². The molecule has 5 nitrogen and oxygen atoms in total. The van der Waals surface area contributed by atoms with Gasteiger partial charge in [0, 0.05) is 30.0 Å². The van der Waals surface area contributed by atoms with Crippen LogP contribution in [0.25, 0.3) is 5.69 Å². The van der Waals surface area contributed by atoms with Crippen LogP contribution >= 0.6 is 0 Å². The summed E-state index contributed by atoms with van der Waals surface area (Å²) in [6.45, 7) is 4.36. The van der Waals surface area contributed by atoms with Crippen molar-refractivity contribution in [1.29, 1.82) is 0 Å². The number of nitrogens with one attached hydrogen (secondary N) is 1. The molecule has 5 heteroatoms. The number of esters is 1. The van der Waals surface area contributed by atoms with Crippen LogP contribution in [0, 0.1) is 13.8 Å². The van der Waals surface area contributed by atoms with E-state index in [0.717, 1.165) is 17.1 Å². The lowest BCUT2D eigenvalue weighted by Gasteiger charge is -2.10. The van der Waals surface area contributed by atoms with E-state index in [1.807, 2.05) is 50.2 Å². The second-order valence-electron chi connectivity index (χ2n) is 5.39. The largest absolute Gasteiger partial charge is 0.469 e. The van der Waals surface area contributed by atoms with Crippen molar-refractivity contribution in [3.63, 3.8) is 0 Å². The molecule has 122 valence electrons. The van der Waals surface area contributed by atoms with Gasteiger partial charge in [0.25, 0.3) is 5.91 Å². The van der Waals surface area contributed by atoms with E-state index in [1.165, 1.54) is 7.11 Å². The number of hydrogen-bond acceptors (Lipinski definition) is 3. The minimum absolute atomic E-state index is 0.120. The second-order valence-corrected chi connectivity index (χ2v) is 5.39. The van der Waals surface area contributed by atoms with Crippen molar-refractivity contribution in [2.45, 2.75) is 26.7 Å². The summed E-state index contributed by atoms with van der Waals surface area (Å²) in [4.78, 5) is 23.4. The molecule has 0 saturated carbocycles. The van der Waals surface area contributed by atoms with Gasteiger partial charge < -0.3 is 14.6 Å². The van der Waals surface area contributed by atoms with Crippen LogP contribution in [0.2, 0.25) is 0 Å². The topological polar surface area (TPSA) is 60.3 Å². The van der Waals surface area contributed by atoms with Gasteiger partial charge in [0.15, 0.2) is 0 Å². The van der Waals surface area contributed by atoms with Gasteiger partial charge in [0.1, 0.15) is 0 Å². The summed E-state index contributed by atoms with van der Waals surface area (Å²) in [7, 11) is 1.36. The molecule has 1 aromatic carbocycles. The Morgan fingerprint density at radius 1 is 1.17 bits per heavy atom. The van der Waals surface area contributed by atoms with Crippen molar-refractivity contribution in [3.8, 4) is 5.69 Å². The zero-order valence-electron chi connectivity index (χ0n) is 13.8. The van der Waals surface area contributed by atoms with Gasteiger partial charge in [-0.1, -0.05) is 18.2 Å². The molecule has 0 aliphatic heterocycles. The van der Waals surface area contributed by atoms with Gasteiger partial charge in [-0.05, 0) is 38.5 Å². The van der Waals surface area contributed by atoms with Crippen LogP contribution < -0.4 is 5.32 Å². The van der Waals surface area contributed by atoms with Crippen molar-refractivity contribution in [2.24, 2.45) is 0 Å². The number of amides is 1. The standard InChI is InChI=1S/C18H22N2O3/c1-13-12-16(18(22)19-11-7-10-17(21)23-3)14(2)20(13)15-8-5-4-6-9-15/h4-6,8-9,12H,7,10-11H2,1-3H3,(H,19,22). The Morgan fingerprint density at radius 3 is 2.52 bits per heavy atom. The number of aryl methyl sites for hydroxylation is 1. The molecular weight excluding hydrogens is 292 g/mol. The van der Waals surface area contributed by atoms with E-state index in [1.54, 1.807) is 0 Å². The third-order valence-electron chi connectivity index (χ3n) is 3.76. The van der Waals surface area contributed by atoms with E-state index in [4.69, 9.17) is 0 Å². The van der Waals surface area contributed by atoms with Gasteiger partial charge in [-0.3, -0.25) is 9.59 Å². The van der Waals surface area contributed by atoms with Crippen LogP contribution in [0.4, 0.5) is 0 Å². The molecule has 0 spiro atoms. The summed E-state index contributed by atoms with van der Waals surface area (Å²) < 4.78 is 6.63. The molecule has 0 unspecified atom stereocenters. The molecule has 0 radical (unpaired) electrons. The summed E-state index contributed by atoms with van der Waals surface area (Å²) in [5.41, 5.74) is 3.60. The summed E-state index contributed by atoms with van der Waals surface area (Å²) in [5.74, 6) is -0.383. The van der Waals surface area contributed by atoms with E-state index in [-0.39, 0.29) is 11.9 Å². The highest BCUT2D eigenvalue weighted by atomic mass is 16.5. The number of benzene rings is 1. The van der Waals surface area contributed by atoms with Crippen molar-refractivity contribution < 1.29 is 14.3 Å². The highest BCUT2D eigenvalue weighted by Crippen LogP contribution is 2.20. The van der Waals surface area contributed by atoms with Crippen LogP contribution in [-0.4, -0.2) is 30.1 Å². The zero-order chi connectivity index (χ0) is 16.8. The van der Waals surface area contributed by atoms with Crippen LogP contribution in [0.15, 0.2) is 36.4 Å². The Morgan fingerprint density at radius 2 is 1.87 bits per heavy atom. The first-order valence-electron chi connectivity index (χ1n) is 7.64. The maximum absolute atomic E-state index is 12.3. The van der Waals surface area contributed by atoms with Crippen LogP contribution in [0.3, 0.4) is 0 Å². The van der Waals surface area contributed by atoms with Gasteiger partial charge in [0.05, 0.1) is 12.7 Å². The third kappa shape index (κ3) is 4.00. The number of carbonyl (C=O) groups is 2. The highest BCUT2D eigenvalue weighted by Gasteiger charge is 2.16. The number of rotatable bonds is 6. The number of ether oxygens (including phenoxy) is 1. The molecule has 0 fully saturated rings. The number of para-hydroxylation sites is 1. The first-order valence-corrected chi connectivity index (χ1v) is 7.64. The predicted octanol–water partition coefficient (Wildman–Crippen LogP) is 2.78. The zero-order valence-corrected chi connectivity index (χ0v) is 13.8. The van der Waals surface area contributed by atoms with Crippen molar-refractivity contribution >= 4 is 11.9 Å². The third-order valence-corrected chi connectivity index (χ3v) is 3.76. The smallest absolute Gasteiger partial charge is 0.305 e. The molecule has 1 heterocycles. The lowest BCUT2D eigenvalue weighted by atomic mass is 10.2. The maximum Gasteiger partial charge on any atom is 0.305 e. The minimum Gasteiger partial charge on any atom is -0.469 e. The summed E-state index contributed by atoms with van der Waals surface area (Å²) in [6, 6.07) is 11.8. The maximum atomic E-state index is 12.3. The van der Waals surface area contributed by atoms with Gasteiger partial charge in [-0.2, -0.15) is 0 Å². The number of aromatic nitrogens is 1. The first-order chi connectivity index (χ1) is 11.0. The molecule has 0 aliphatic carbocycles. The molecule has 0 atom stereocenters. The molecule has 2 aromatic rings. The Bertz CT molecular complexity index is 690. The van der Waals surface area contributed by atoms with Crippen LogP contribution in [-0.2, 0) is 9.53 Å². The Kier molecular flexibility index (Phi) is 5.57. The fourth-order valence-corrected chi connectivity index (χ4v) is 2.60. The van der Waals surface area contributed by atoms with E-state index in [9.17, 15) is 9.59 Å². The first kappa shape index (κ1) is 16.8. The van der Waals surface area contributed by atoms with Gasteiger partial charge in [-0.25, -0.2) is 0 Å². The lowest BCUT2D eigenvalue weighted by molar-refractivity contribution is -0.140. The fraction of sp³-hybridized carbons (Fsp3) is 0.333. The van der Waals surface area contributed by atoms with Gasteiger partial charge >= 0.3 is 5.97 Å². The molecule has 0 saturated heterocycles. The molecule has 1 N–H and O–H groups in total. The quantitative estimate of drug-likeness (QED) is 0.659. The van der Waals surface area contributed by atoms with E-state index in [2.05, 4.69) is 14.6 Å². The lowest BCUT2D eigenvalue weighted by Crippen LogP contribution is -2.25. The molecule has 1 amide bonds. The number of hydrogen-bond donors (Lipinski definition) is 1. The highest BCUT2D eigenvalue weighted by molar-refractivity contribution is 5.95. The fourth-order valence-electron chi connectivity index (χ4n) is 2.60. The number of nitrogens with zero attached hydrogens (tertiary/aromatic N) is 1. The van der Waals surface area contributed by atoms with Crippen molar-refractivity contribution in [2.75, 3.05) is 13.7 Å². The van der Waals surface area contributed by atoms with Crippen LogP contribution in [0.1, 0.15) is 34.6 Å². The average Bonchev–Trinajstić information content (AvgIpc) is 2.86. The molecule has 1 aromatic heterocycles.